The molecular weight excluding hydrogens is 342 g/mol. The van der Waals surface area contributed by atoms with Crippen LogP contribution in [0.15, 0.2) is 40.0 Å². The molecule has 9 heteroatoms. The third kappa shape index (κ3) is 4.76. The number of nitrogens with one attached hydrogen (secondary N) is 2. The Morgan fingerprint density at radius 3 is 2.38 bits per heavy atom. The van der Waals surface area contributed by atoms with Gasteiger partial charge in [0.15, 0.2) is 11.5 Å². The van der Waals surface area contributed by atoms with Crippen LogP contribution in [0, 0.1) is 0 Å². The molecule has 2 N–H and O–H groups in total. The van der Waals surface area contributed by atoms with E-state index in [4.69, 9.17) is 18.6 Å². The molecule has 138 valence electrons. The van der Waals surface area contributed by atoms with E-state index in [1.165, 1.54) is 45.9 Å². The lowest BCUT2D eigenvalue weighted by molar-refractivity contribution is -0.120. The van der Waals surface area contributed by atoms with E-state index in [9.17, 15) is 9.59 Å². The van der Waals surface area contributed by atoms with Crippen LogP contribution < -0.4 is 25.0 Å². The first-order chi connectivity index (χ1) is 12.6. The third-order valence-electron chi connectivity index (χ3n) is 3.26. The largest absolute Gasteiger partial charge is 0.493 e. The number of benzene rings is 1. The lowest BCUT2D eigenvalue weighted by atomic mass is 10.1. The minimum atomic E-state index is -0.492. The highest BCUT2D eigenvalue weighted by molar-refractivity contribution is 5.97. The Morgan fingerprint density at radius 2 is 1.85 bits per heavy atom. The molecule has 0 unspecified atom stereocenters. The molecule has 0 aliphatic carbocycles. The molecule has 26 heavy (non-hydrogen) atoms. The fourth-order valence-corrected chi connectivity index (χ4v) is 2.05. The maximum absolute atomic E-state index is 12.2. The van der Waals surface area contributed by atoms with E-state index in [2.05, 4.69) is 15.8 Å². The Morgan fingerprint density at radius 1 is 1.15 bits per heavy atom. The van der Waals surface area contributed by atoms with Gasteiger partial charge in [-0.05, 0) is 24.3 Å². The zero-order chi connectivity index (χ0) is 18.9. The summed E-state index contributed by atoms with van der Waals surface area (Å²) >= 11 is 0. The predicted molar refractivity (Wildman–Crippen MR) is 92.9 cm³/mol. The van der Waals surface area contributed by atoms with Gasteiger partial charge in [0.05, 0.1) is 40.4 Å². The van der Waals surface area contributed by atoms with Gasteiger partial charge in [-0.1, -0.05) is 0 Å². The van der Waals surface area contributed by atoms with Gasteiger partial charge in [0.1, 0.15) is 5.76 Å². The maximum atomic E-state index is 12.2. The average Bonchev–Trinajstić information content (AvgIpc) is 3.18. The van der Waals surface area contributed by atoms with Crippen LogP contribution in [0.1, 0.15) is 16.1 Å². The Balaban J connectivity index is 1.95. The van der Waals surface area contributed by atoms with Crippen molar-refractivity contribution in [2.75, 3.05) is 27.9 Å². The minimum Gasteiger partial charge on any atom is -0.493 e. The average molecular weight is 361 g/mol. The highest BCUT2D eigenvalue weighted by Crippen LogP contribution is 2.38. The highest BCUT2D eigenvalue weighted by atomic mass is 16.5. The number of hydrogen-bond acceptors (Lipinski definition) is 7. The Kier molecular flexibility index (Phi) is 6.60. The summed E-state index contributed by atoms with van der Waals surface area (Å²) in [6.45, 7) is -0.259. The second kappa shape index (κ2) is 9.11. The molecule has 0 saturated carbocycles. The summed E-state index contributed by atoms with van der Waals surface area (Å²) in [4.78, 5) is 24.0. The van der Waals surface area contributed by atoms with E-state index < -0.39 is 11.8 Å². The fourth-order valence-electron chi connectivity index (χ4n) is 2.05. The normalized spacial score (nSPS) is 10.4. The number of carbonyl (C=O) groups is 2. The third-order valence-corrected chi connectivity index (χ3v) is 3.26. The maximum Gasteiger partial charge on any atom is 0.259 e. The number of hydrogen-bond donors (Lipinski definition) is 2. The van der Waals surface area contributed by atoms with Crippen LogP contribution >= 0.6 is 0 Å². The number of carbonyl (C=O) groups excluding carboxylic acids is 2. The van der Waals surface area contributed by atoms with Crippen LogP contribution in [0.5, 0.6) is 17.2 Å². The van der Waals surface area contributed by atoms with Gasteiger partial charge in [-0.3, -0.25) is 9.59 Å². The van der Waals surface area contributed by atoms with E-state index in [0.717, 1.165) is 0 Å². The van der Waals surface area contributed by atoms with Gasteiger partial charge in [0.25, 0.3) is 11.8 Å². The van der Waals surface area contributed by atoms with Crippen molar-refractivity contribution >= 4 is 18.0 Å². The monoisotopic (exact) mass is 361 g/mol. The molecule has 0 fully saturated rings. The molecule has 0 radical (unpaired) electrons. The number of methoxy groups -OCH3 is 3. The first-order valence-electron chi connectivity index (χ1n) is 7.52. The minimum absolute atomic E-state index is 0.256. The van der Waals surface area contributed by atoms with Gasteiger partial charge in [0, 0.05) is 5.56 Å². The number of rotatable bonds is 8. The number of hydrazone groups is 1. The van der Waals surface area contributed by atoms with Gasteiger partial charge >= 0.3 is 0 Å². The Labute approximate surface area is 149 Å². The summed E-state index contributed by atoms with van der Waals surface area (Å²) in [6, 6.07) is 6.36. The number of ether oxygens (including phenoxy) is 3. The van der Waals surface area contributed by atoms with Gasteiger partial charge < -0.3 is 23.9 Å². The summed E-state index contributed by atoms with van der Waals surface area (Å²) in [5.41, 5.74) is 2.53. The second-order valence-corrected chi connectivity index (χ2v) is 4.91. The van der Waals surface area contributed by atoms with Gasteiger partial charge in [-0.15, -0.1) is 0 Å². The summed E-state index contributed by atoms with van der Waals surface area (Å²) < 4.78 is 20.6. The van der Waals surface area contributed by atoms with Gasteiger partial charge in [0.2, 0.25) is 5.75 Å². The lowest BCUT2D eigenvalue weighted by Crippen LogP contribution is -2.34. The smallest absolute Gasteiger partial charge is 0.259 e. The zero-order valence-corrected chi connectivity index (χ0v) is 14.6. The number of amides is 2. The van der Waals surface area contributed by atoms with Gasteiger partial charge in [-0.2, -0.15) is 5.10 Å². The molecule has 9 nitrogen and oxygen atoms in total. The van der Waals surface area contributed by atoms with Crippen molar-refractivity contribution in [3.63, 3.8) is 0 Å². The number of furan rings is 1. The van der Waals surface area contributed by atoms with E-state index >= 15 is 0 Å². The SMILES string of the molecule is COc1cc(C(=O)NCC(=O)N/N=C\c2ccco2)cc(OC)c1OC. The first kappa shape index (κ1) is 18.8. The summed E-state index contributed by atoms with van der Waals surface area (Å²) in [6.07, 6.45) is 2.83. The Bertz CT molecular complexity index is 761. The molecular formula is C17H19N3O6. The summed E-state index contributed by atoms with van der Waals surface area (Å²) in [7, 11) is 4.36. The topological polar surface area (TPSA) is 111 Å². The molecule has 0 spiro atoms. The molecule has 0 saturated heterocycles. The summed E-state index contributed by atoms with van der Waals surface area (Å²) in [5, 5.41) is 6.20. The molecule has 1 aromatic heterocycles. The van der Waals surface area contributed by atoms with E-state index in [-0.39, 0.29) is 12.1 Å². The van der Waals surface area contributed by atoms with Crippen molar-refractivity contribution in [2.45, 2.75) is 0 Å². The molecule has 2 rings (SSSR count). The van der Waals surface area contributed by atoms with Crippen molar-refractivity contribution in [3.05, 3.63) is 41.9 Å². The van der Waals surface area contributed by atoms with Crippen LogP contribution in [0.2, 0.25) is 0 Å². The molecule has 2 amide bonds. The molecule has 0 atom stereocenters. The summed E-state index contributed by atoms with van der Waals surface area (Å²) in [5.74, 6) is 0.570. The molecule has 0 bridgehead atoms. The van der Waals surface area contributed by atoms with Crippen LogP contribution in [0.3, 0.4) is 0 Å². The van der Waals surface area contributed by atoms with Crippen molar-refractivity contribution in [1.82, 2.24) is 10.7 Å². The standard InChI is InChI=1S/C17H19N3O6/c1-23-13-7-11(8-14(24-2)16(13)25-3)17(22)18-10-15(21)20-19-9-12-5-4-6-26-12/h4-9H,10H2,1-3H3,(H,18,22)(H,20,21)/b19-9-. The fraction of sp³-hybridized carbons (Fsp3) is 0.235. The molecule has 0 aliphatic rings. The van der Waals surface area contributed by atoms with Crippen molar-refractivity contribution in [3.8, 4) is 17.2 Å². The molecule has 1 aromatic carbocycles. The number of nitrogens with zero attached hydrogens (tertiary/aromatic N) is 1. The van der Waals surface area contributed by atoms with Crippen LogP contribution in [-0.2, 0) is 4.79 Å². The van der Waals surface area contributed by atoms with Gasteiger partial charge in [-0.25, -0.2) is 5.43 Å². The second-order valence-electron chi connectivity index (χ2n) is 4.91. The van der Waals surface area contributed by atoms with E-state index in [0.29, 0.717) is 23.0 Å². The molecule has 1 heterocycles. The van der Waals surface area contributed by atoms with Crippen LogP contribution in [-0.4, -0.2) is 45.9 Å². The van der Waals surface area contributed by atoms with E-state index in [1.54, 1.807) is 12.1 Å². The predicted octanol–water partition coefficient (Wildman–Crippen LogP) is 1.19. The highest BCUT2D eigenvalue weighted by Gasteiger charge is 2.17. The first-order valence-corrected chi connectivity index (χ1v) is 7.52. The van der Waals surface area contributed by atoms with Crippen molar-refractivity contribution in [2.24, 2.45) is 5.10 Å². The molecule has 2 aromatic rings. The van der Waals surface area contributed by atoms with Crippen molar-refractivity contribution in [1.29, 1.82) is 0 Å². The quantitative estimate of drug-likeness (QED) is 0.540. The van der Waals surface area contributed by atoms with Crippen molar-refractivity contribution < 1.29 is 28.2 Å². The van der Waals surface area contributed by atoms with Crippen LogP contribution in [0.25, 0.3) is 0 Å². The van der Waals surface area contributed by atoms with Crippen LogP contribution in [0.4, 0.5) is 0 Å². The van der Waals surface area contributed by atoms with E-state index in [1.807, 2.05) is 0 Å². The molecule has 0 aliphatic heterocycles. The lowest BCUT2D eigenvalue weighted by Gasteiger charge is -2.13. The zero-order valence-electron chi connectivity index (χ0n) is 14.6. The Hall–Kier alpha value is -3.49.